The van der Waals surface area contributed by atoms with Crippen molar-refractivity contribution in [1.29, 1.82) is 0 Å². The second-order valence-corrected chi connectivity index (χ2v) is 1.20. The monoisotopic (exact) mass is 131 g/mol. The molecule has 0 aromatic carbocycles. The quantitative estimate of drug-likeness (QED) is 0.544. The molecule has 0 aliphatic rings. The minimum atomic E-state index is 0.819. The predicted molar refractivity (Wildman–Crippen MR) is 46.6 cm³/mol. The van der Waals surface area contributed by atoms with E-state index in [9.17, 15) is 0 Å². The number of nitrogens with two attached hydrogens (primary N) is 1. The van der Waals surface area contributed by atoms with E-state index in [4.69, 9.17) is 5.73 Å². The maximum Gasteiger partial charge on any atom is -0.00799 e. The van der Waals surface area contributed by atoms with E-state index < -0.39 is 0 Å². The molecule has 58 valence electrons. The van der Waals surface area contributed by atoms with Crippen LogP contribution in [0.15, 0.2) is 12.7 Å². The zero-order valence-corrected chi connectivity index (χ0v) is 7.28. The molecule has 0 aromatic rings. The van der Waals surface area contributed by atoms with E-state index in [2.05, 4.69) is 13.5 Å². The van der Waals surface area contributed by atoms with Crippen molar-refractivity contribution >= 4 is 0 Å². The third-order valence-corrected chi connectivity index (χ3v) is 0.289. The zero-order valence-electron chi connectivity index (χ0n) is 7.28. The Morgan fingerprint density at radius 2 is 1.56 bits per heavy atom. The molecular weight excluding hydrogens is 110 g/mol. The fourth-order valence-corrected chi connectivity index (χ4v) is 0. The van der Waals surface area contributed by atoms with Crippen LogP contribution >= 0.6 is 0 Å². The lowest BCUT2D eigenvalue weighted by Crippen LogP contribution is -1.93. The van der Waals surface area contributed by atoms with Gasteiger partial charge in [0, 0.05) is 0 Å². The standard InChI is InChI=1S/C3H9N.C3H6.C2H6/c1-2-3-4;1-3-2;1-2/h2-4H2,1H3;3H,1H2,2H3;1-2H3. The van der Waals surface area contributed by atoms with Crippen molar-refractivity contribution in [3.05, 3.63) is 12.7 Å². The number of allylic oxidation sites excluding steroid dienone is 1. The van der Waals surface area contributed by atoms with E-state index in [1.54, 1.807) is 6.08 Å². The first-order valence-corrected chi connectivity index (χ1v) is 3.60. The second kappa shape index (κ2) is 47.4. The molecular formula is C8H21N. The van der Waals surface area contributed by atoms with Gasteiger partial charge < -0.3 is 5.73 Å². The smallest absolute Gasteiger partial charge is 0.00799 e. The van der Waals surface area contributed by atoms with Gasteiger partial charge >= 0.3 is 0 Å². The van der Waals surface area contributed by atoms with E-state index >= 15 is 0 Å². The summed E-state index contributed by atoms with van der Waals surface area (Å²) < 4.78 is 0. The second-order valence-electron chi connectivity index (χ2n) is 1.20. The Kier molecular flexibility index (Phi) is 83.6. The average Bonchev–Trinajstić information content (AvgIpc) is 1.94. The first-order chi connectivity index (χ1) is 4.33. The zero-order chi connectivity index (χ0) is 8.12. The van der Waals surface area contributed by atoms with Gasteiger partial charge in [-0.3, -0.25) is 0 Å². The third kappa shape index (κ3) is 511. The minimum Gasteiger partial charge on any atom is -0.330 e. The van der Waals surface area contributed by atoms with Crippen LogP contribution in [0.4, 0.5) is 0 Å². The fraction of sp³-hybridized carbons (Fsp3) is 0.750. The van der Waals surface area contributed by atoms with Gasteiger partial charge in [-0.2, -0.15) is 0 Å². The minimum absolute atomic E-state index is 0.819. The Balaban J connectivity index is -0.0000000646. The summed E-state index contributed by atoms with van der Waals surface area (Å²) in [5.41, 5.74) is 5.03. The van der Waals surface area contributed by atoms with Gasteiger partial charge in [0.1, 0.15) is 0 Å². The van der Waals surface area contributed by atoms with Gasteiger partial charge in [0.2, 0.25) is 0 Å². The normalized spacial score (nSPS) is 5.44. The highest BCUT2D eigenvalue weighted by Gasteiger charge is 1.55. The molecule has 0 aliphatic carbocycles. The molecule has 0 aromatic heterocycles. The van der Waals surface area contributed by atoms with Crippen molar-refractivity contribution in [2.24, 2.45) is 5.73 Å². The molecule has 0 spiro atoms. The van der Waals surface area contributed by atoms with Crippen molar-refractivity contribution < 1.29 is 0 Å². The summed E-state index contributed by atoms with van der Waals surface area (Å²) in [6.07, 6.45) is 2.85. The van der Waals surface area contributed by atoms with Crippen LogP contribution in [0.5, 0.6) is 0 Å². The van der Waals surface area contributed by atoms with Crippen LogP contribution < -0.4 is 5.73 Å². The highest BCUT2D eigenvalue weighted by Crippen LogP contribution is 1.57. The van der Waals surface area contributed by atoms with Crippen LogP contribution in [-0.2, 0) is 0 Å². The predicted octanol–water partition coefficient (Wildman–Crippen LogP) is 2.57. The molecule has 0 heterocycles. The highest BCUT2D eigenvalue weighted by atomic mass is 14.5. The maximum absolute atomic E-state index is 5.03. The average molecular weight is 131 g/mol. The lowest BCUT2D eigenvalue weighted by atomic mass is 10.5. The lowest BCUT2D eigenvalue weighted by molar-refractivity contribution is 0.932. The first kappa shape index (κ1) is 15.9. The summed E-state index contributed by atoms with van der Waals surface area (Å²) in [5, 5.41) is 0. The number of hydrogen-bond acceptors (Lipinski definition) is 1. The molecule has 0 atom stereocenters. The van der Waals surface area contributed by atoms with Gasteiger partial charge in [-0.1, -0.05) is 26.8 Å². The molecule has 0 rings (SSSR count). The van der Waals surface area contributed by atoms with Crippen LogP contribution in [0.1, 0.15) is 34.1 Å². The third-order valence-electron chi connectivity index (χ3n) is 0.289. The highest BCUT2D eigenvalue weighted by molar-refractivity contribution is 4.51. The van der Waals surface area contributed by atoms with Gasteiger partial charge in [0.15, 0.2) is 0 Å². The van der Waals surface area contributed by atoms with Crippen molar-refractivity contribution in [2.75, 3.05) is 6.54 Å². The summed E-state index contributed by atoms with van der Waals surface area (Å²) in [5.74, 6) is 0. The van der Waals surface area contributed by atoms with Gasteiger partial charge in [0.05, 0.1) is 0 Å². The van der Waals surface area contributed by atoms with Crippen LogP contribution in [0, 0.1) is 0 Å². The molecule has 0 saturated carbocycles. The van der Waals surface area contributed by atoms with Gasteiger partial charge in [-0.25, -0.2) is 0 Å². The summed E-state index contributed by atoms with van der Waals surface area (Å²) in [6, 6.07) is 0. The molecule has 0 bridgehead atoms. The molecule has 0 aliphatic heterocycles. The van der Waals surface area contributed by atoms with E-state index in [1.165, 1.54) is 0 Å². The molecule has 1 nitrogen and oxygen atoms in total. The van der Waals surface area contributed by atoms with Gasteiger partial charge in [-0.05, 0) is 19.9 Å². The van der Waals surface area contributed by atoms with E-state index in [0.29, 0.717) is 0 Å². The van der Waals surface area contributed by atoms with Crippen LogP contribution in [-0.4, -0.2) is 6.54 Å². The summed E-state index contributed by atoms with van der Waals surface area (Å²) >= 11 is 0. The molecule has 1 heteroatoms. The molecule has 0 saturated heterocycles. The van der Waals surface area contributed by atoms with Crippen molar-refractivity contribution in [3.63, 3.8) is 0 Å². The largest absolute Gasteiger partial charge is 0.330 e. The Hall–Kier alpha value is -0.300. The maximum atomic E-state index is 5.03. The Morgan fingerprint density at radius 3 is 1.56 bits per heavy atom. The van der Waals surface area contributed by atoms with E-state index in [1.807, 2.05) is 20.8 Å². The molecule has 0 amide bonds. The number of rotatable bonds is 1. The van der Waals surface area contributed by atoms with Crippen molar-refractivity contribution in [3.8, 4) is 0 Å². The Morgan fingerprint density at radius 1 is 1.44 bits per heavy atom. The van der Waals surface area contributed by atoms with Gasteiger partial charge in [-0.15, -0.1) is 6.58 Å². The SMILES string of the molecule is C=CC.CC.CCCN. The molecule has 0 radical (unpaired) electrons. The fourth-order valence-electron chi connectivity index (χ4n) is 0. The topological polar surface area (TPSA) is 26.0 Å². The summed E-state index contributed by atoms with van der Waals surface area (Å²) in [6.45, 7) is 12.1. The summed E-state index contributed by atoms with van der Waals surface area (Å²) in [4.78, 5) is 0. The van der Waals surface area contributed by atoms with Crippen LogP contribution in [0.2, 0.25) is 0 Å². The van der Waals surface area contributed by atoms with Crippen molar-refractivity contribution in [2.45, 2.75) is 34.1 Å². The summed E-state index contributed by atoms with van der Waals surface area (Å²) in [7, 11) is 0. The molecule has 0 unspecified atom stereocenters. The van der Waals surface area contributed by atoms with Crippen LogP contribution in [0.3, 0.4) is 0 Å². The van der Waals surface area contributed by atoms with Gasteiger partial charge in [0.25, 0.3) is 0 Å². The molecule has 9 heavy (non-hydrogen) atoms. The Bertz CT molecular complexity index is 23.7. The molecule has 2 N–H and O–H groups in total. The number of hydrogen-bond donors (Lipinski definition) is 1. The van der Waals surface area contributed by atoms with Crippen LogP contribution in [0.25, 0.3) is 0 Å². The first-order valence-electron chi connectivity index (χ1n) is 3.60. The Labute approximate surface area is 60.0 Å². The van der Waals surface area contributed by atoms with E-state index in [0.717, 1.165) is 13.0 Å². The molecule has 0 fully saturated rings. The lowest BCUT2D eigenvalue weighted by Gasteiger charge is -1.70. The van der Waals surface area contributed by atoms with E-state index in [-0.39, 0.29) is 0 Å². The van der Waals surface area contributed by atoms with Crippen molar-refractivity contribution in [1.82, 2.24) is 0 Å².